The van der Waals surface area contributed by atoms with Crippen LogP contribution in [0.25, 0.3) is 0 Å². The molecule has 95 heavy (non-hydrogen) atoms. The first-order chi connectivity index (χ1) is 45.1. The maximum atomic E-state index is 10.5. The Bertz CT molecular complexity index is 1420. The Morgan fingerprint density at radius 2 is 0.705 bits per heavy atom. The van der Waals surface area contributed by atoms with Crippen molar-refractivity contribution in [1.29, 1.82) is 0 Å². The predicted molar refractivity (Wildman–Crippen MR) is 385 cm³/mol. The fraction of sp³-hybridized carbons (Fsp3) is 0.940. The molecule has 580 valence electrons. The first-order valence-electron chi connectivity index (χ1n) is 34.3. The van der Waals surface area contributed by atoms with Gasteiger partial charge in [-0.2, -0.15) is 0 Å². The Labute approximate surface area is 579 Å². The van der Waals surface area contributed by atoms with Crippen LogP contribution < -0.4 is 0 Å². The molecule has 0 aromatic carbocycles. The maximum Gasteiger partial charge on any atom is 0.143 e. The van der Waals surface area contributed by atoms with Crippen LogP contribution in [0.15, 0.2) is 0 Å². The van der Waals surface area contributed by atoms with Gasteiger partial charge in [-0.3, -0.25) is 39.0 Å². The van der Waals surface area contributed by atoms with Gasteiger partial charge in [-0.25, -0.2) is 0 Å². The van der Waals surface area contributed by atoms with E-state index in [0.29, 0.717) is 125 Å². The number of ether oxygens (including phenoxy) is 4. The lowest BCUT2D eigenvalue weighted by atomic mass is 10.2. The molecule has 0 aromatic rings. The second kappa shape index (κ2) is 93.9. The average molecular weight is 1390 g/mol. The first-order valence-corrected chi connectivity index (χ1v) is 34.3. The van der Waals surface area contributed by atoms with Gasteiger partial charge in [0.1, 0.15) is 18.2 Å². The minimum Gasteiger partial charge on any atom is -0.395 e. The number of hydrogen-bond acceptors (Lipinski definition) is 28. The zero-order valence-electron chi connectivity index (χ0n) is 63.6. The zero-order valence-corrected chi connectivity index (χ0v) is 63.6. The summed E-state index contributed by atoms with van der Waals surface area (Å²) in [6.07, 6.45) is 0.591. The van der Waals surface area contributed by atoms with Crippen LogP contribution >= 0.6 is 0 Å². The minimum absolute atomic E-state index is 0.0622. The SMILES string of the molecule is CC(=O)CN(C)C.CC(O)CN(CC(C)O)CC(C)O.CC(O)CN(CCO)CCO.CCCCN(CCO)CCO.CCN(CC)CC#CCOCCOC.CCN(CC)CC(C)=O.CCN(CC)CCOCCO.CN(C)CCOCCO.OCCN(CCO)CCO. The van der Waals surface area contributed by atoms with Gasteiger partial charge in [-0.1, -0.05) is 66.7 Å². The predicted octanol–water partition coefficient (Wildman–Crippen LogP) is -1.63. The number of nitrogens with zero attached hydrogens (tertiary/aromatic N) is 9. The number of methoxy groups -OCH3 is 1. The van der Waals surface area contributed by atoms with E-state index >= 15 is 0 Å². The van der Waals surface area contributed by atoms with E-state index in [1.807, 2.05) is 47.8 Å². The lowest BCUT2D eigenvalue weighted by Gasteiger charge is -2.25. The van der Waals surface area contributed by atoms with Gasteiger partial charge in [-0.05, 0) is 122 Å². The minimum atomic E-state index is -0.433. The highest BCUT2D eigenvalue weighted by molar-refractivity contribution is 5.77. The van der Waals surface area contributed by atoms with Crippen LogP contribution in [0.4, 0.5) is 0 Å². The number of ketones is 2. The van der Waals surface area contributed by atoms with Crippen molar-refractivity contribution >= 4 is 11.6 Å². The molecule has 0 aliphatic heterocycles. The third-order valence-corrected chi connectivity index (χ3v) is 12.2. The van der Waals surface area contributed by atoms with Crippen molar-refractivity contribution < 1.29 is 94.9 Å². The number of hydrogen-bond donors (Lipinski definition) is 13. The monoisotopic (exact) mass is 1390 g/mol. The number of Topliss-reactive ketones (excluding diaryl/α,β-unsaturated/α-hetero) is 2. The molecule has 0 aliphatic carbocycles. The molecule has 0 aromatic heterocycles. The summed E-state index contributed by atoms with van der Waals surface area (Å²) < 4.78 is 20.2. The van der Waals surface area contributed by atoms with Crippen molar-refractivity contribution in [2.45, 2.75) is 127 Å². The summed E-state index contributed by atoms with van der Waals surface area (Å²) in [7, 11) is 9.39. The van der Waals surface area contributed by atoms with Crippen molar-refractivity contribution in [3.63, 3.8) is 0 Å². The number of carbonyl (C=O) groups excluding carboxylic acids is 2. The van der Waals surface area contributed by atoms with Gasteiger partial charge in [0.2, 0.25) is 0 Å². The Hall–Kier alpha value is -2.14. The van der Waals surface area contributed by atoms with Crippen molar-refractivity contribution in [2.24, 2.45) is 0 Å². The van der Waals surface area contributed by atoms with E-state index in [0.717, 1.165) is 84.9 Å². The van der Waals surface area contributed by atoms with Crippen LogP contribution in [0.2, 0.25) is 0 Å². The molecule has 13 N–H and O–H groups in total. The molecule has 0 bridgehead atoms. The van der Waals surface area contributed by atoms with E-state index < -0.39 is 24.4 Å². The van der Waals surface area contributed by atoms with E-state index in [9.17, 15) is 9.59 Å². The van der Waals surface area contributed by atoms with Crippen LogP contribution in [0.1, 0.15) is 103 Å². The number of unbranched alkanes of at least 4 members (excludes halogenated alkanes) is 1. The van der Waals surface area contributed by atoms with E-state index in [1.54, 1.807) is 53.6 Å². The van der Waals surface area contributed by atoms with E-state index in [-0.39, 0.29) is 71.0 Å². The summed E-state index contributed by atoms with van der Waals surface area (Å²) >= 11 is 0. The third-order valence-electron chi connectivity index (χ3n) is 12.2. The van der Waals surface area contributed by atoms with Gasteiger partial charge in [-0.15, -0.1) is 0 Å². The molecule has 0 spiro atoms. The van der Waals surface area contributed by atoms with Gasteiger partial charge in [0.15, 0.2) is 0 Å². The Morgan fingerprint density at radius 3 is 0.979 bits per heavy atom. The Kier molecular flexibility index (Phi) is 110. The largest absolute Gasteiger partial charge is 0.395 e. The molecule has 0 saturated heterocycles. The fourth-order valence-corrected chi connectivity index (χ4v) is 7.51. The topological polar surface area (TPSA) is 363 Å². The summed E-state index contributed by atoms with van der Waals surface area (Å²) in [5.74, 6) is 6.51. The summed E-state index contributed by atoms with van der Waals surface area (Å²) in [6, 6.07) is 0. The van der Waals surface area contributed by atoms with Crippen LogP contribution in [0, 0.1) is 11.8 Å². The first kappa shape index (κ1) is 111. The lowest BCUT2D eigenvalue weighted by molar-refractivity contribution is -0.118. The molecule has 0 radical (unpaired) electrons. The molecule has 4 atom stereocenters. The second-order valence-electron chi connectivity index (χ2n) is 22.5. The van der Waals surface area contributed by atoms with E-state index in [4.69, 9.17) is 85.3 Å². The number of carbonyl (C=O) groups is 2. The van der Waals surface area contributed by atoms with Gasteiger partial charge in [0.25, 0.3) is 0 Å². The summed E-state index contributed by atoms with van der Waals surface area (Å²) in [5, 5.41) is 113. The number of rotatable bonds is 50. The van der Waals surface area contributed by atoms with Crippen molar-refractivity contribution in [3.05, 3.63) is 0 Å². The normalized spacial score (nSPS) is 12.0. The zero-order chi connectivity index (χ0) is 74.9. The van der Waals surface area contributed by atoms with Gasteiger partial charge in [0.05, 0.1) is 143 Å². The summed E-state index contributed by atoms with van der Waals surface area (Å²) in [5.41, 5.74) is 0. The number of aliphatic hydroxyl groups excluding tert-OH is 13. The highest BCUT2D eigenvalue weighted by atomic mass is 16.5. The summed E-state index contributed by atoms with van der Waals surface area (Å²) in [6.45, 7) is 46.7. The molecular formula is C67H153N9O19. The smallest absolute Gasteiger partial charge is 0.143 e. The lowest BCUT2D eigenvalue weighted by Crippen LogP contribution is -2.40. The molecule has 0 heterocycles. The molecule has 0 rings (SSSR count). The van der Waals surface area contributed by atoms with Crippen LogP contribution in [0.5, 0.6) is 0 Å². The molecular weight excluding hydrogens is 1230 g/mol. The van der Waals surface area contributed by atoms with Crippen LogP contribution in [0.3, 0.4) is 0 Å². The molecule has 0 saturated carbocycles. The fourth-order valence-electron chi connectivity index (χ4n) is 7.51. The quantitative estimate of drug-likeness (QED) is 0.0240. The Morgan fingerprint density at radius 1 is 0.358 bits per heavy atom. The molecule has 0 aliphatic rings. The molecule has 0 fully saturated rings. The van der Waals surface area contributed by atoms with Crippen molar-refractivity contribution in [2.75, 3.05) is 292 Å². The third kappa shape index (κ3) is 116. The average Bonchev–Trinajstić information content (AvgIpc) is 3.24. The number of aliphatic hydroxyl groups is 13. The second-order valence-corrected chi connectivity index (χ2v) is 22.5. The van der Waals surface area contributed by atoms with Gasteiger partial charge >= 0.3 is 0 Å². The van der Waals surface area contributed by atoms with Gasteiger partial charge < -0.3 is 100 Å². The standard InChI is InChI=1S/C11H21NO2.C9H21NO3.2C8H19NO2.C7H17NO3.C7H15NO.C6H15NO3.C6H15NO2.C5H11NO/c1-4-12(5-2)8-6-7-9-14-11-10-13-3;1-7(11)4-10(5-8(2)12)6-9(3)13;1-3-9(4-2)5-7-11-8-6-10;1-2-3-4-9(5-7-10)6-8-11;1-7(11)6-8(2-4-9)3-5-10;1-4-8(5-2)6-7(3)9;8-4-1-7(2-5-9)3-6-10;1-7(2)3-5-9-6-4-8;1-5(7)4-6(2)3/h4-5,8-11H2,1-3H3;7-9,11-13H,4-6H2,1-3H3;10H,3-8H2,1-2H3;10-11H,2-8H2,1H3;7,9-11H,2-6H2,1H3;4-6H2,1-3H3;8-10H,1-6H2;8H,3-6H2,1-2H3;4H2,1-3H3. The van der Waals surface area contributed by atoms with E-state index in [2.05, 4.69) is 79.9 Å². The molecule has 28 nitrogen and oxygen atoms in total. The maximum absolute atomic E-state index is 10.5. The molecule has 0 amide bonds. The van der Waals surface area contributed by atoms with Crippen molar-refractivity contribution in [1.82, 2.24) is 44.1 Å². The van der Waals surface area contributed by atoms with Crippen LogP contribution in [-0.2, 0) is 28.5 Å². The molecule has 4 unspecified atom stereocenters. The molecule has 28 heteroatoms. The Balaban J connectivity index is -0.000000126. The van der Waals surface area contributed by atoms with Crippen LogP contribution in [-0.4, -0.2) is 438 Å². The van der Waals surface area contributed by atoms with Crippen molar-refractivity contribution in [3.8, 4) is 11.8 Å². The number of likely N-dealkylation sites (N-methyl/N-ethyl adjacent to an activating group) is 4. The van der Waals surface area contributed by atoms with Gasteiger partial charge in [0, 0.05) is 92.2 Å². The highest BCUT2D eigenvalue weighted by Crippen LogP contribution is 1.98. The highest BCUT2D eigenvalue weighted by Gasteiger charge is 2.13. The van der Waals surface area contributed by atoms with E-state index in [1.165, 1.54) is 0 Å². The summed E-state index contributed by atoms with van der Waals surface area (Å²) in [4.78, 5) is 38.8.